The average molecular weight is 177 g/mol. The lowest BCUT2D eigenvalue weighted by atomic mass is 10.1. The van der Waals surface area contributed by atoms with Crippen LogP contribution in [0, 0.1) is 0 Å². The zero-order valence-electron chi connectivity index (χ0n) is 6.52. The van der Waals surface area contributed by atoms with Crippen LogP contribution < -0.4 is 5.11 Å². The molecular weight excluding hydrogens is 172 g/mol. The number of rotatable bonds is 2. The third-order valence-electron chi connectivity index (χ3n) is 1.38. The molecular formula is C9H5O4-. The Morgan fingerprint density at radius 3 is 2.46 bits per heavy atom. The molecule has 0 radical (unpaired) electrons. The van der Waals surface area contributed by atoms with Crippen molar-refractivity contribution in [2.75, 3.05) is 0 Å². The zero-order valence-corrected chi connectivity index (χ0v) is 6.52. The molecule has 0 heterocycles. The Hall–Kier alpha value is -1.97. The van der Waals surface area contributed by atoms with Crippen LogP contribution in [-0.2, 0) is 14.4 Å². The van der Waals surface area contributed by atoms with Gasteiger partial charge in [-0.3, -0.25) is 9.59 Å². The first-order chi connectivity index (χ1) is 6.09. The Kier molecular flexibility index (Phi) is 2.54. The fourth-order valence-electron chi connectivity index (χ4n) is 0.793. The summed E-state index contributed by atoms with van der Waals surface area (Å²) in [5.74, 6) is -2.61. The van der Waals surface area contributed by atoms with Gasteiger partial charge in [-0.1, -0.05) is 12.2 Å². The van der Waals surface area contributed by atoms with Gasteiger partial charge in [0.05, 0.1) is 5.97 Å². The molecule has 0 spiro atoms. The van der Waals surface area contributed by atoms with E-state index in [2.05, 4.69) is 0 Å². The van der Waals surface area contributed by atoms with E-state index in [9.17, 15) is 19.5 Å². The van der Waals surface area contributed by atoms with Gasteiger partial charge < -0.3 is 9.90 Å². The summed E-state index contributed by atoms with van der Waals surface area (Å²) in [7, 11) is 0. The SMILES string of the molecule is O=C([O-])/C=C/C1=CC(=O)C(=O)C=C1. The Morgan fingerprint density at radius 1 is 1.23 bits per heavy atom. The van der Waals surface area contributed by atoms with Crippen molar-refractivity contribution in [2.24, 2.45) is 0 Å². The summed E-state index contributed by atoms with van der Waals surface area (Å²) in [6.45, 7) is 0. The number of allylic oxidation sites excluding steroid dienone is 5. The Morgan fingerprint density at radius 2 is 1.92 bits per heavy atom. The number of carbonyl (C=O) groups is 3. The minimum absolute atomic E-state index is 0.369. The van der Waals surface area contributed by atoms with E-state index in [-0.39, 0.29) is 0 Å². The van der Waals surface area contributed by atoms with E-state index < -0.39 is 17.5 Å². The molecule has 0 fully saturated rings. The predicted molar refractivity (Wildman–Crippen MR) is 41.4 cm³/mol. The number of ketones is 2. The van der Waals surface area contributed by atoms with Crippen LogP contribution in [0.5, 0.6) is 0 Å². The second-order valence-corrected chi connectivity index (χ2v) is 2.36. The van der Waals surface area contributed by atoms with E-state index in [1.54, 1.807) is 0 Å². The normalized spacial score (nSPS) is 16.5. The average Bonchev–Trinajstić information content (AvgIpc) is 2.07. The van der Waals surface area contributed by atoms with Crippen molar-refractivity contribution >= 4 is 17.5 Å². The number of carboxylic acid groups (broad SMARTS) is 1. The van der Waals surface area contributed by atoms with Gasteiger partial charge >= 0.3 is 0 Å². The van der Waals surface area contributed by atoms with Gasteiger partial charge in [0.1, 0.15) is 0 Å². The van der Waals surface area contributed by atoms with Crippen LogP contribution in [0.1, 0.15) is 0 Å². The monoisotopic (exact) mass is 177 g/mol. The summed E-state index contributed by atoms with van der Waals surface area (Å²) in [6.07, 6.45) is 5.51. The fourth-order valence-corrected chi connectivity index (χ4v) is 0.793. The van der Waals surface area contributed by atoms with Crippen LogP contribution in [0.4, 0.5) is 0 Å². The molecule has 0 unspecified atom stereocenters. The summed E-state index contributed by atoms with van der Waals surface area (Å²) in [4.78, 5) is 31.4. The first-order valence-corrected chi connectivity index (χ1v) is 3.47. The van der Waals surface area contributed by atoms with Crippen LogP contribution in [-0.4, -0.2) is 17.5 Å². The second-order valence-electron chi connectivity index (χ2n) is 2.36. The van der Waals surface area contributed by atoms with Gasteiger partial charge in [-0.15, -0.1) is 0 Å². The van der Waals surface area contributed by atoms with Crippen molar-refractivity contribution < 1.29 is 19.5 Å². The highest BCUT2D eigenvalue weighted by Crippen LogP contribution is 2.05. The van der Waals surface area contributed by atoms with Crippen LogP contribution in [0.25, 0.3) is 0 Å². The molecule has 0 bridgehead atoms. The van der Waals surface area contributed by atoms with Gasteiger partial charge in [-0.05, 0) is 23.8 Å². The highest BCUT2D eigenvalue weighted by atomic mass is 16.4. The van der Waals surface area contributed by atoms with Gasteiger partial charge in [0, 0.05) is 0 Å². The van der Waals surface area contributed by atoms with E-state index in [1.807, 2.05) is 0 Å². The van der Waals surface area contributed by atoms with Crippen LogP contribution in [0.15, 0.2) is 36.0 Å². The molecule has 0 saturated heterocycles. The predicted octanol–water partition coefficient (Wildman–Crippen LogP) is -1.07. The van der Waals surface area contributed by atoms with Crippen molar-refractivity contribution in [1.82, 2.24) is 0 Å². The van der Waals surface area contributed by atoms with Gasteiger partial charge in [-0.2, -0.15) is 0 Å². The van der Waals surface area contributed by atoms with E-state index >= 15 is 0 Å². The summed E-state index contributed by atoms with van der Waals surface area (Å²) < 4.78 is 0. The Balaban J connectivity index is 2.80. The van der Waals surface area contributed by atoms with Crippen molar-refractivity contribution in [2.45, 2.75) is 0 Å². The van der Waals surface area contributed by atoms with E-state index in [0.717, 1.165) is 18.2 Å². The molecule has 1 aliphatic rings. The smallest absolute Gasteiger partial charge is 0.226 e. The Labute approximate surface area is 73.9 Å². The third kappa shape index (κ3) is 2.52. The lowest BCUT2D eigenvalue weighted by Crippen LogP contribution is -2.18. The molecule has 0 atom stereocenters. The number of carbonyl (C=O) groups excluding carboxylic acids is 3. The van der Waals surface area contributed by atoms with Crippen LogP contribution in [0.2, 0.25) is 0 Å². The minimum atomic E-state index is -1.35. The molecule has 0 aliphatic heterocycles. The summed E-state index contributed by atoms with van der Waals surface area (Å²) in [6, 6.07) is 0. The Bertz CT molecular complexity index is 358. The van der Waals surface area contributed by atoms with Crippen molar-refractivity contribution in [1.29, 1.82) is 0 Å². The van der Waals surface area contributed by atoms with Crippen LogP contribution >= 0.6 is 0 Å². The molecule has 1 aliphatic carbocycles. The summed E-state index contributed by atoms with van der Waals surface area (Å²) >= 11 is 0. The largest absolute Gasteiger partial charge is 0.545 e. The topological polar surface area (TPSA) is 74.3 Å². The van der Waals surface area contributed by atoms with Gasteiger partial charge in [-0.25, -0.2) is 0 Å². The standard InChI is InChI=1S/C9H6O4/c10-7-3-1-6(5-8(7)11)2-4-9(12)13/h1-5H,(H,12,13)/p-1/b4-2+. The number of carboxylic acids is 1. The maximum Gasteiger partial charge on any atom is 0.226 e. The maximum absolute atomic E-state index is 10.8. The quantitative estimate of drug-likeness (QED) is 0.305. The van der Waals surface area contributed by atoms with Crippen molar-refractivity contribution in [3.8, 4) is 0 Å². The molecule has 0 N–H and O–H groups in total. The maximum atomic E-state index is 10.8. The minimum Gasteiger partial charge on any atom is -0.545 e. The van der Waals surface area contributed by atoms with E-state index in [4.69, 9.17) is 0 Å². The van der Waals surface area contributed by atoms with E-state index in [0.29, 0.717) is 5.57 Å². The summed E-state index contributed by atoms with van der Waals surface area (Å²) in [5, 5.41) is 9.99. The summed E-state index contributed by atoms with van der Waals surface area (Å²) in [5.41, 5.74) is 0.369. The molecule has 0 aromatic rings. The molecule has 66 valence electrons. The van der Waals surface area contributed by atoms with Crippen LogP contribution in [0.3, 0.4) is 0 Å². The third-order valence-corrected chi connectivity index (χ3v) is 1.38. The molecule has 0 aromatic heterocycles. The van der Waals surface area contributed by atoms with Gasteiger partial charge in [0.2, 0.25) is 11.6 Å². The number of aliphatic carboxylic acids is 1. The highest BCUT2D eigenvalue weighted by molar-refractivity contribution is 6.46. The first-order valence-electron chi connectivity index (χ1n) is 3.47. The lowest BCUT2D eigenvalue weighted by Gasteiger charge is -1.99. The molecule has 0 amide bonds. The lowest BCUT2D eigenvalue weighted by molar-refractivity contribution is -0.297. The highest BCUT2D eigenvalue weighted by Gasteiger charge is 2.11. The van der Waals surface area contributed by atoms with Crippen molar-refractivity contribution in [3.63, 3.8) is 0 Å². The molecule has 4 nitrogen and oxygen atoms in total. The zero-order chi connectivity index (χ0) is 9.84. The second kappa shape index (κ2) is 3.62. The molecule has 0 aromatic carbocycles. The number of hydrogen-bond donors (Lipinski definition) is 0. The van der Waals surface area contributed by atoms with Gasteiger partial charge in [0.25, 0.3) is 0 Å². The van der Waals surface area contributed by atoms with Crippen molar-refractivity contribution in [3.05, 3.63) is 36.0 Å². The number of hydrogen-bond acceptors (Lipinski definition) is 4. The van der Waals surface area contributed by atoms with E-state index in [1.165, 1.54) is 12.2 Å². The molecule has 13 heavy (non-hydrogen) atoms. The fraction of sp³-hybridized carbons (Fsp3) is 0. The molecule has 4 heteroatoms. The molecule has 0 saturated carbocycles. The van der Waals surface area contributed by atoms with Gasteiger partial charge in [0.15, 0.2) is 0 Å². The molecule has 1 rings (SSSR count). The first kappa shape index (κ1) is 9.12.